The van der Waals surface area contributed by atoms with E-state index in [1.165, 1.54) is 21.1 Å². The molecule has 16 nitrogen and oxygen atoms in total. The van der Waals surface area contributed by atoms with Gasteiger partial charge in [0.15, 0.2) is 12.6 Å². The van der Waals surface area contributed by atoms with Gasteiger partial charge < -0.3 is 58.8 Å². The minimum absolute atomic E-state index is 0.000233. The lowest BCUT2D eigenvalue weighted by Gasteiger charge is -2.49. The normalized spacial score (nSPS) is 45.2. The van der Waals surface area contributed by atoms with Crippen molar-refractivity contribution in [1.29, 1.82) is 0 Å². The lowest BCUT2D eigenvalue weighted by Crippen LogP contribution is -2.61. The number of esters is 1. The van der Waals surface area contributed by atoms with Gasteiger partial charge in [-0.05, 0) is 79.5 Å². The Labute approximate surface area is 350 Å². The zero-order valence-electron chi connectivity index (χ0n) is 37.3. The summed E-state index contributed by atoms with van der Waals surface area (Å²) in [5.41, 5.74) is -3.42. The summed E-state index contributed by atoms with van der Waals surface area (Å²) < 4.78 is 37.9. The third-order valence-corrected chi connectivity index (χ3v) is 13.1. The van der Waals surface area contributed by atoms with Crippen molar-refractivity contribution in [2.75, 3.05) is 21.3 Å². The summed E-state index contributed by atoms with van der Waals surface area (Å²) in [7, 11) is 4.79. The zero-order valence-corrected chi connectivity index (χ0v) is 37.3. The van der Waals surface area contributed by atoms with E-state index in [4.69, 9.17) is 33.3 Å². The fourth-order valence-corrected chi connectivity index (χ4v) is 9.52. The molecule has 3 saturated heterocycles. The molecule has 8 unspecified atom stereocenters. The smallest absolute Gasteiger partial charge is 0.311 e. The molecule has 4 rings (SSSR count). The molecular formula is C43H73N3O13. The Morgan fingerprint density at radius 3 is 2.24 bits per heavy atom. The number of pyridine rings is 1. The number of ether oxygens (including phenoxy) is 6. The van der Waals surface area contributed by atoms with Crippen LogP contribution in [0.3, 0.4) is 0 Å². The van der Waals surface area contributed by atoms with Crippen molar-refractivity contribution >= 4 is 11.7 Å². The minimum atomic E-state index is -1.93. The van der Waals surface area contributed by atoms with Crippen LogP contribution < -0.4 is 0 Å². The Hall–Kier alpha value is -2.35. The molecule has 0 radical (unpaired) electrons. The van der Waals surface area contributed by atoms with Crippen LogP contribution in [-0.4, -0.2) is 153 Å². The van der Waals surface area contributed by atoms with Gasteiger partial charge in [0.25, 0.3) is 0 Å². The van der Waals surface area contributed by atoms with Crippen LogP contribution in [0, 0.1) is 23.7 Å². The van der Waals surface area contributed by atoms with Crippen LogP contribution in [0.4, 0.5) is 0 Å². The SMILES string of the molecule is CC[C@H]1OC(=O)[C@H](C)[C@@H](OC2CC(C)(OC)C(O)C(C)O2)[C@H](C)[C@@H](OC2OC(C)CC(N(C)Cc3cccnc3)C2O)[C@](C)(O)C[C@@H](C)C(=NOC)[C@H](C)[C@@H](O)[C@]1(C)O. The second kappa shape index (κ2) is 20.2. The summed E-state index contributed by atoms with van der Waals surface area (Å²) in [5.74, 6) is -4.01. The first kappa shape index (κ1) is 49.3. The van der Waals surface area contributed by atoms with Crippen molar-refractivity contribution in [3.8, 4) is 0 Å². The number of aromatic nitrogens is 1. The first-order valence-corrected chi connectivity index (χ1v) is 21.1. The molecule has 59 heavy (non-hydrogen) atoms. The van der Waals surface area contributed by atoms with E-state index in [0.29, 0.717) is 18.7 Å². The molecule has 3 aliphatic heterocycles. The van der Waals surface area contributed by atoms with Crippen LogP contribution in [0.25, 0.3) is 0 Å². The summed E-state index contributed by atoms with van der Waals surface area (Å²) >= 11 is 0. The average molecular weight is 840 g/mol. The van der Waals surface area contributed by atoms with Crippen molar-refractivity contribution in [2.24, 2.45) is 28.8 Å². The van der Waals surface area contributed by atoms with Gasteiger partial charge in [-0.3, -0.25) is 14.7 Å². The molecule has 3 fully saturated rings. The monoisotopic (exact) mass is 840 g/mol. The third-order valence-electron chi connectivity index (χ3n) is 13.1. The van der Waals surface area contributed by atoms with Crippen LogP contribution in [0.1, 0.15) is 100 Å². The predicted molar refractivity (Wildman–Crippen MR) is 218 cm³/mol. The molecule has 0 amide bonds. The molecule has 0 saturated carbocycles. The Morgan fingerprint density at radius 1 is 0.966 bits per heavy atom. The number of methoxy groups -OCH3 is 1. The van der Waals surface area contributed by atoms with Gasteiger partial charge in [0.2, 0.25) is 0 Å². The maximum atomic E-state index is 14.3. The van der Waals surface area contributed by atoms with Gasteiger partial charge in [-0.1, -0.05) is 38.9 Å². The number of aliphatic hydroxyl groups excluding tert-OH is 3. The van der Waals surface area contributed by atoms with E-state index in [1.807, 2.05) is 37.9 Å². The van der Waals surface area contributed by atoms with E-state index in [2.05, 4.69) is 10.1 Å². The van der Waals surface area contributed by atoms with Crippen LogP contribution in [-0.2, 0) is 44.6 Å². The van der Waals surface area contributed by atoms with E-state index in [0.717, 1.165) is 5.56 Å². The number of hydrogen-bond donors (Lipinski definition) is 5. The molecule has 18 atom stereocenters. The van der Waals surface area contributed by atoms with Gasteiger partial charge >= 0.3 is 5.97 Å². The van der Waals surface area contributed by atoms with Crippen molar-refractivity contribution < 1.29 is 63.6 Å². The Bertz CT molecular complexity index is 1520. The summed E-state index contributed by atoms with van der Waals surface area (Å²) in [4.78, 5) is 25.9. The Kier molecular flexibility index (Phi) is 16.9. The second-order valence-corrected chi connectivity index (χ2v) is 18.1. The van der Waals surface area contributed by atoms with Crippen molar-refractivity contribution in [3.05, 3.63) is 30.1 Å². The van der Waals surface area contributed by atoms with Gasteiger partial charge in [0.05, 0.1) is 53.4 Å². The average Bonchev–Trinajstić information content (AvgIpc) is 3.18. The number of hydrogen-bond acceptors (Lipinski definition) is 16. The van der Waals surface area contributed by atoms with Crippen LogP contribution >= 0.6 is 0 Å². The first-order valence-electron chi connectivity index (χ1n) is 21.1. The quantitative estimate of drug-likeness (QED) is 0.169. The van der Waals surface area contributed by atoms with E-state index >= 15 is 0 Å². The number of carbonyl (C=O) groups excluding carboxylic acids is 1. The molecular weight excluding hydrogens is 766 g/mol. The number of cyclic esters (lactones) is 1. The van der Waals surface area contributed by atoms with Crippen molar-refractivity contribution in [3.63, 3.8) is 0 Å². The topological polar surface area (TPSA) is 211 Å². The highest BCUT2D eigenvalue weighted by Gasteiger charge is 2.53. The van der Waals surface area contributed by atoms with E-state index in [-0.39, 0.29) is 25.4 Å². The van der Waals surface area contributed by atoms with Crippen LogP contribution in [0.15, 0.2) is 29.7 Å². The van der Waals surface area contributed by atoms with Gasteiger partial charge in [0.1, 0.15) is 31.0 Å². The molecule has 0 aromatic carbocycles. The molecule has 5 N–H and O–H groups in total. The summed E-state index contributed by atoms with van der Waals surface area (Å²) in [6.07, 6.45) is -6.05. The molecule has 4 heterocycles. The molecule has 16 heteroatoms. The summed E-state index contributed by atoms with van der Waals surface area (Å²) in [6, 6.07) is 3.42. The fraction of sp³-hybridized carbons (Fsp3) is 0.837. The number of aliphatic hydroxyl groups is 5. The molecule has 1 aromatic rings. The minimum Gasteiger partial charge on any atom is -0.459 e. The lowest BCUT2D eigenvalue weighted by atomic mass is 9.73. The van der Waals surface area contributed by atoms with Crippen molar-refractivity contribution in [1.82, 2.24) is 9.88 Å². The molecule has 0 spiro atoms. The number of oxime groups is 1. The summed E-state index contributed by atoms with van der Waals surface area (Å²) in [6.45, 7) is 17.6. The highest BCUT2D eigenvalue weighted by molar-refractivity contribution is 5.88. The number of rotatable bonds is 10. The van der Waals surface area contributed by atoms with Crippen LogP contribution in [0.5, 0.6) is 0 Å². The standard InChI is InChI=1S/C43H73N3O13/c1-14-31-43(10,52)36(48)25(4)33(45-54-13)23(2)19-41(8,51)38(59-40-34(47)30(18-24(3)55-40)46(11)22-29-16-15-17-44-21-29)26(5)35(27(6)39(50)57-31)58-32-20-42(9,53-12)37(49)28(7)56-32/h15-17,21,23-28,30-32,34-38,40,47-49,51-52H,14,18-20,22H2,1-13H3/t23-,24?,25+,26+,27-,28?,30?,31-,32?,34?,35+,36-,37?,38-,40?,41-,42?,43-/m1/s1. The largest absolute Gasteiger partial charge is 0.459 e. The third kappa shape index (κ3) is 11.2. The molecule has 1 aromatic heterocycles. The number of carbonyl (C=O) groups is 1. The Morgan fingerprint density at radius 2 is 1.64 bits per heavy atom. The van der Waals surface area contributed by atoms with E-state index in [9.17, 15) is 30.3 Å². The van der Waals surface area contributed by atoms with Gasteiger partial charge in [-0.25, -0.2) is 0 Å². The Balaban J connectivity index is 1.84. The molecule has 3 aliphatic rings. The highest BCUT2D eigenvalue weighted by Crippen LogP contribution is 2.41. The van der Waals surface area contributed by atoms with E-state index in [1.54, 1.807) is 60.9 Å². The second-order valence-electron chi connectivity index (χ2n) is 18.1. The predicted octanol–water partition coefficient (Wildman–Crippen LogP) is 3.18. The molecule has 338 valence electrons. The van der Waals surface area contributed by atoms with Crippen molar-refractivity contribution in [2.45, 2.75) is 186 Å². The highest BCUT2D eigenvalue weighted by atomic mass is 16.7. The lowest BCUT2D eigenvalue weighted by molar-refractivity contribution is -0.318. The van der Waals surface area contributed by atoms with Crippen LogP contribution in [0.2, 0.25) is 0 Å². The number of likely N-dealkylation sites (N-methyl/N-ethyl adjacent to an activating group) is 1. The fourth-order valence-electron chi connectivity index (χ4n) is 9.52. The van der Waals surface area contributed by atoms with Gasteiger partial charge in [0, 0.05) is 56.3 Å². The maximum Gasteiger partial charge on any atom is 0.311 e. The zero-order chi connectivity index (χ0) is 44.2. The molecule has 0 aliphatic carbocycles. The maximum absolute atomic E-state index is 14.3. The summed E-state index contributed by atoms with van der Waals surface area (Å²) in [5, 5.41) is 63.7. The molecule has 0 bridgehead atoms. The first-order chi connectivity index (χ1) is 27.5. The van der Waals surface area contributed by atoms with Gasteiger partial charge in [-0.15, -0.1) is 0 Å². The van der Waals surface area contributed by atoms with Gasteiger partial charge in [-0.2, -0.15) is 0 Å². The van der Waals surface area contributed by atoms with E-state index < -0.39 is 108 Å². The number of nitrogens with zero attached hydrogens (tertiary/aromatic N) is 3.